The van der Waals surface area contributed by atoms with Crippen molar-refractivity contribution in [3.63, 3.8) is 0 Å². The number of anilines is 1. The van der Waals surface area contributed by atoms with Crippen molar-refractivity contribution in [1.29, 1.82) is 0 Å². The smallest absolute Gasteiger partial charge is 0.220 e. The minimum absolute atomic E-state index is 0.275. The molecule has 16 heavy (non-hydrogen) atoms. The van der Waals surface area contributed by atoms with Crippen LogP contribution in [0.25, 0.3) is 20.9 Å². The van der Waals surface area contributed by atoms with Gasteiger partial charge >= 0.3 is 0 Å². The monoisotopic (exact) mass is 228 g/mol. The maximum Gasteiger partial charge on any atom is 0.220 e. The highest BCUT2D eigenvalue weighted by atomic mass is 32.1. The number of fused-ring (bicyclic) bond motifs is 1. The van der Waals surface area contributed by atoms with Gasteiger partial charge in [0.15, 0.2) is 0 Å². The molecule has 0 atom stereocenters. The summed E-state index contributed by atoms with van der Waals surface area (Å²) in [5, 5.41) is 0.871. The van der Waals surface area contributed by atoms with E-state index in [1.807, 2.05) is 30.3 Å². The number of thiazole rings is 1. The Balaban J connectivity index is 2.19. The van der Waals surface area contributed by atoms with Crippen LogP contribution in [0.4, 0.5) is 5.95 Å². The van der Waals surface area contributed by atoms with Crippen molar-refractivity contribution in [2.24, 2.45) is 0 Å². The lowest BCUT2D eigenvalue weighted by molar-refractivity contribution is 1.18. The van der Waals surface area contributed by atoms with Gasteiger partial charge in [-0.05, 0) is 18.2 Å². The second-order valence-electron chi connectivity index (χ2n) is 3.29. The predicted molar refractivity (Wildman–Crippen MR) is 65.1 cm³/mol. The van der Waals surface area contributed by atoms with Crippen molar-refractivity contribution in [3.05, 3.63) is 36.5 Å². The fourth-order valence-corrected chi connectivity index (χ4v) is 2.41. The molecule has 4 nitrogen and oxygen atoms in total. The second kappa shape index (κ2) is 3.53. The maximum atomic E-state index is 5.54. The van der Waals surface area contributed by atoms with Crippen molar-refractivity contribution in [2.45, 2.75) is 0 Å². The standard InChI is InChI=1S/C11H8N4S/c12-11-13-6-5-8(15-11)10-14-7-3-1-2-4-9(7)16-10/h1-6H,(H2,12,13,15). The van der Waals surface area contributed by atoms with Crippen LogP contribution in [-0.2, 0) is 0 Å². The van der Waals surface area contributed by atoms with Crippen LogP contribution in [-0.4, -0.2) is 15.0 Å². The Morgan fingerprint density at radius 2 is 1.94 bits per heavy atom. The molecule has 3 aromatic rings. The number of hydrogen-bond donors (Lipinski definition) is 1. The summed E-state index contributed by atoms with van der Waals surface area (Å²) < 4.78 is 1.15. The van der Waals surface area contributed by atoms with E-state index in [1.165, 1.54) is 0 Å². The summed E-state index contributed by atoms with van der Waals surface area (Å²) in [5.41, 5.74) is 7.30. The molecule has 0 bridgehead atoms. The zero-order chi connectivity index (χ0) is 11.0. The number of benzene rings is 1. The first-order chi connectivity index (χ1) is 7.83. The molecule has 0 saturated carbocycles. The Kier molecular flexibility index (Phi) is 2.04. The molecule has 2 heterocycles. The largest absolute Gasteiger partial charge is 0.368 e. The van der Waals surface area contributed by atoms with Crippen LogP contribution in [0.3, 0.4) is 0 Å². The minimum Gasteiger partial charge on any atom is -0.368 e. The van der Waals surface area contributed by atoms with E-state index in [4.69, 9.17) is 5.73 Å². The highest BCUT2D eigenvalue weighted by Gasteiger charge is 2.06. The van der Waals surface area contributed by atoms with Gasteiger partial charge in [-0.15, -0.1) is 11.3 Å². The van der Waals surface area contributed by atoms with Crippen LogP contribution < -0.4 is 5.73 Å². The van der Waals surface area contributed by atoms with Crippen LogP contribution >= 0.6 is 11.3 Å². The fraction of sp³-hybridized carbons (Fsp3) is 0. The van der Waals surface area contributed by atoms with Gasteiger partial charge in [0.05, 0.1) is 10.2 Å². The minimum atomic E-state index is 0.275. The molecular weight excluding hydrogens is 220 g/mol. The summed E-state index contributed by atoms with van der Waals surface area (Å²) in [6, 6.07) is 9.81. The van der Waals surface area contributed by atoms with Crippen molar-refractivity contribution in [1.82, 2.24) is 15.0 Å². The molecule has 0 unspecified atom stereocenters. The fourth-order valence-electron chi connectivity index (χ4n) is 1.47. The molecule has 2 aromatic heterocycles. The lowest BCUT2D eigenvalue weighted by Gasteiger charge is -1.94. The van der Waals surface area contributed by atoms with Crippen molar-refractivity contribution < 1.29 is 0 Å². The number of aromatic nitrogens is 3. The highest BCUT2D eigenvalue weighted by Crippen LogP contribution is 2.28. The molecule has 0 aliphatic rings. The molecule has 0 aliphatic heterocycles. The van der Waals surface area contributed by atoms with E-state index in [9.17, 15) is 0 Å². The van der Waals surface area contributed by atoms with E-state index in [0.717, 1.165) is 20.9 Å². The van der Waals surface area contributed by atoms with E-state index in [0.29, 0.717) is 0 Å². The molecule has 0 radical (unpaired) electrons. The first kappa shape index (κ1) is 9.23. The van der Waals surface area contributed by atoms with Crippen LogP contribution in [0.15, 0.2) is 36.5 Å². The number of hydrogen-bond acceptors (Lipinski definition) is 5. The Bertz CT molecular complexity index is 614. The summed E-state index contributed by atoms with van der Waals surface area (Å²) in [7, 11) is 0. The molecule has 0 amide bonds. The zero-order valence-corrected chi connectivity index (χ0v) is 9.11. The van der Waals surface area contributed by atoms with Crippen LogP contribution in [0.1, 0.15) is 0 Å². The molecule has 1 aromatic carbocycles. The quantitative estimate of drug-likeness (QED) is 0.694. The summed E-state index contributed by atoms with van der Waals surface area (Å²) >= 11 is 1.60. The van der Waals surface area contributed by atoms with E-state index >= 15 is 0 Å². The molecule has 0 saturated heterocycles. The van der Waals surface area contributed by atoms with Crippen molar-refractivity contribution in [3.8, 4) is 10.7 Å². The van der Waals surface area contributed by atoms with Gasteiger partial charge in [0.25, 0.3) is 0 Å². The summed E-state index contributed by atoms with van der Waals surface area (Å²) in [4.78, 5) is 12.5. The zero-order valence-electron chi connectivity index (χ0n) is 8.29. The molecule has 5 heteroatoms. The van der Waals surface area contributed by atoms with Crippen molar-refractivity contribution >= 4 is 27.5 Å². The second-order valence-corrected chi connectivity index (χ2v) is 4.32. The lowest BCUT2D eigenvalue weighted by Crippen LogP contribution is -1.94. The number of rotatable bonds is 1. The summed E-state index contributed by atoms with van der Waals surface area (Å²) in [6.07, 6.45) is 1.64. The summed E-state index contributed by atoms with van der Waals surface area (Å²) in [5.74, 6) is 0.275. The van der Waals surface area contributed by atoms with E-state index in [-0.39, 0.29) is 5.95 Å². The first-order valence-corrected chi connectivity index (χ1v) is 5.59. The first-order valence-electron chi connectivity index (χ1n) is 4.77. The molecule has 0 spiro atoms. The molecule has 0 fully saturated rings. The average Bonchev–Trinajstić information content (AvgIpc) is 2.72. The molecule has 0 aliphatic carbocycles. The van der Waals surface area contributed by atoms with Gasteiger partial charge in [-0.1, -0.05) is 12.1 Å². The van der Waals surface area contributed by atoms with Gasteiger partial charge in [0.2, 0.25) is 5.95 Å². The van der Waals surface area contributed by atoms with Crippen molar-refractivity contribution in [2.75, 3.05) is 5.73 Å². The Morgan fingerprint density at radius 3 is 2.75 bits per heavy atom. The van der Waals surface area contributed by atoms with Gasteiger partial charge in [0, 0.05) is 6.20 Å². The third kappa shape index (κ3) is 1.51. The van der Waals surface area contributed by atoms with Crippen LogP contribution in [0, 0.1) is 0 Å². The Hall–Kier alpha value is -2.01. The van der Waals surface area contributed by atoms with E-state index < -0.39 is 0 Å². The topological polar surface area (TPSA) is 64.7 Å². The highest BCUT2D eigenvalue weighted by molar-refractivity contribution is 7.21. The molecular formula is C11H8N4S. The van der Waals surface area contributed by atoms with E-state index in [1.54, 1.807) is 17.5 Å². The van der Waals surface area contributed by atoms with E-state index in [2.05, 4.69) is 15.0 Å². The SMILES string of the molecule is Nc1nccc(-c2nc3ccccc3s2)n1. The third-order valence-corrected chi connectivity index (χ3v) is 3.25. The van der Waals surface area contributed by atoms with Gasteiger partial charge in [-0.2, -0.15) is 0 Å². The average molecular weight is 228 g/mol. The number of nitrogens with two attached hydrogens (primary N) is 1. The molecule has 78 valence electrons. The number of para-hydroxylation sites is 1. The predicted octanol–water partition coefficient (Wildman–Crippen LogP) is 2.34. The van der Waals surface area contributed by atoms with Gasteiger partial charge in [0.1, 0.15) is 10.7 Å². The lowest BCUT2D eigenvalue weighted by atomic mass is 10.3. The van der Waals surface area contributed by atoms with Gasteiger partial charge in [-0.25, -0.2) is 15.0 Å². The molecule has 3 rings (SSSR count). The molecule has 2 N–H and O–H groups in total. The number of nitrogens with zero attached hydrogens (tertiary/aromatic N) is 3. The van der Waals surface area contributed by atoms with Gasteiger partial charge in [-0.3, -0.25) is 0 Å². The normalized spacial score (nSPS) is 10.8. The summed E-state index contributed by atoms with van der Waals surface area (Å²) in [6.45, 7) is 0. The maximum absolute atomic E-state index is 5.54. The Labute approximate surface area is 95.8 Å². The van der Waals surface area contributed by atoms with Gasteiger partial charge < -0.3 is 5.73 Å². The third-order valence-electron chi connectivity index (χ3n) is 2.19. The Morgan fingerprint density at radius 1 is 1.06 bits per heavy atom. The van der Waals surface area contributed by atoms with Crippen LogP contribution in [0.2, 0.25) is 0 Å². The van der Waals surface area contributed by atoms with Crippen LogP contribution in [0.5, 0.6) is 0 Å². The number of nitrogen functional groups attached to an aromatic ring is 1.